The molecular weight excluding hydrogens is 433 g/mol. The molecule has 1 aromatic carbocycles. The van der Waals surface area contributed by atoms with Gasteiger partial charge in [-0.15, -0.1) is 0 Å². The van der Waals surface area contributed by atoms with Crippen LogP contribution in [0.4, 0.5) is 4.39 Å². The highest BCUT2D eigenvalue weighted by atomic mass is 19.1. The lowest BCUT2D eigenvalue weighted by atomic mass is 9.71. The first-order chi connectivity index (χ1) is 16.6. The van der Waals surface area contributed by atoms with Gasteiger partial charge in [0.15, 0.2) is 0 Å². The summed E-state index contributed by atoms with van der Waals surface area (Å²) in [7, 11) is 0. The number of rotatable bonds is 7. The van der Waals surface area contributed by atoms with Crippen molar-refractivity contribution in [3.8, 4) is 5.75 Å². The van der Waals surface area contributed by atoms with Crippen molar-refractivity contribution in [2.24, 2.45) is 5.92 Å². The minimum atomic E-state index is -1.01. The van der Waals surface area contributed by atoms with Crippen molar-refractivity contribution in [3.05, 3.63) is 53.1 Å². The quantitative estimate of drug-likeness (QED) is 0.427. The molecular formula is C26H36FN5O2. The Kier molecular flexibility index (Phi) is 7.01. The molecule has 5 rings (SSSR count). The molecule has 0 radical (unpaired) electrons. The molecule has 0 amide bonds. The number of halogens is 1. The van der Waals surface area contributed by atoms with E-state index in [1.165, 1.54) is 5.57 Å². The largest absolute Gasteiger partial charge is 0.508 e. The number of aliphatic hydroxyl groups excluding tert-OH is 1. The Bertz CT molecular complexity index is 1020. The minimum absolute atomic E-state index is 0.0475. The van der Waals surface area contributed by atoms with Crippen LogP contribution in [0, 0.1) is 5.92 Å². The summed E-state index contributed by atoms with van der Waals surface area (Å²) in [6.07, 6.45) is 7.37. The third-order valence-corrected chi connectivity index (χ3v) is 7.90. The molecule has 1 aromatic heterocycles. The van der Waals surface area contributed by atoms with Crippen LogP contribution in [0.1, 0.15) is 67.2 Å². The van der Waals surface area contributed by atoms with Crippen molar-refractivity contribution in [1.29, 1.82) is 0 Å². The molecule has 3 heterocycles. The van der Waals surface area contributed by atoms with E-state index < -0.39 is 6.17 Å². The number of aromatic nitrogens is 2. The van der Waals surface area contributed by atoms with Gasteiger partial charge in [0.1, 0.15) is 17.7 Å². The maximum absolute atomic E-state index is 15.8. The maximum atomic E-state index is 15.8. The molecule has 2 aliphatic heterocycles. The van der Waals surface area contributed by atoms with Crippen molar-refractivity contribution < 1.29 is 14.6 Å². The molecule has 1 saturated carbocycles. The number of H-pyrrole nitrogens is 1. The molecule has 7 nitrogen and oxygen atoms in total. The van der Waals surface area contributed by atoms with E-state index in [4.69, 9.17) is 5.11 Å². The fourth-order valence-electron chi connectivity index (χ4n) is 6.02. The number of phenolic OH excluding ortho intramolecular Hbond substituents is 1. The minimum Gasteiger partial charge on any atom is -0.508 e. The van der Waals surface area contributed by atoms with Gasteiger partial charge >= 0.3 is 0 Å². The number of fused-ring (bicyclic) bond motifs is 1. The number of aryl methyl sites for hydroxylation is 1. The number of nitrogens with zero attached hydrogens (tertiary/aromatic N) is 2. The molecule has 5 N–H and O–H groups in total. The Morgan fingerprint density at radius 3 is 2.88 bits per heavy atom. The molecule has 2 fully saturated rings. The number of imidazole rings is 1. The summed E-state index contributed by atoms with van der Waals surface area (Å²) in [5.74, 6) is 1.06. The van der Waals surface area contributed by atoms with Gasteiger partial charge in [-0.1, -0.05) is 19.1 Å². The Balaban J connectivity index is 1.27. The average molecular weight is 470 g/mol. The number of benzene rings is 1. The summed E-state index contributed by atoms with van der Waals surface area (Å²) in [6, 6.07) is 5.02. The van der Waals surface area contributed by atoms with Crippen LogP contribution in [-0.4, -0.2) is 63.5 Å². The van der Waals surface area contributed by atoms with Gasteiger partial charge in [-0.05, 0) is 60.9 Å². The molecule has 8 heteroatoms. The van der Waals surface area contributed by atoms with Crippen LogP contribution < -0.4 is 10.9 Å². The number of alkyl halides is 1. The number of hydrogen-bond acceptors (Lipinski definition) is 6. The highest BCUT2D eigenvalue weighted by Crippen LogP contribution is 2.45. The Morgan fingerprint density at radius 1 is 1.24 bits per heavy atom. The number of hydrogen-bond donors (Lipinski definition) is 5. The summed E-state index contributed by atoms with van der Waals surface area (Å²) in [5.41, 5.74) is 10.9. The number of phenols is 1. The van der Waals surface area contributed by atoms with Crippen LogP contribution in [0.25, 0.3) is 5.57 Å². The van der Waals surface area contributed by atoms with Crippen LogP contribution in [0.2, 0.25) is 0 Å². The monoisotopic (exact) mass is 469 g/mol. The van der Waals surface area contributed by atoms with Gasteiger partial charge in [0, 0.05) is 38.1 Å². The molecule has 184 valence electrons. The lowest BCUT2D eigenvalue weighted by molar-refractivity contribution is 0.135. The number of hydrazine groups is 1. The number of aliphatic hydroxyl groups is 1. The first kappa shape index (κ1) is 23.5. The lowest BCUT2D eigenvalue weighted by Gasteiger charge is -2.36. The SMILES string of the molecule is CCc1cc(O)ccc1C1CCC2C(c3ncc(C4=CCN(CCCO)CC4)[nH]3)NNC2C1F. The van der Waals surface area contributed by atoms with E-state index in [0.717, 1.165) is 74.4 Å². The van der Waals surface area contributed by atoms with E-state index >= 15 is 4.39 Å². The normalized spacial score (nSPS) is 29.7. The fourth-order valence-corrected chi connectivity index (χ4v) is 6.02. The Morgan fingerprint density at radius 2 is 2.12 bits per heavy atom. The highest BCUT2D eigenvalue weighted by Gasteiger charge is 2.48. The zero-order valence-electron chi connectivity index (χ0n) is 19.8. The van der Waals surface area contributed by atoms with Gasteiger partial charge in [0.2, 0.25) is 0 Å². The van der Waals surface area contributed by atoms with Gasteiger partial charge in [0.05, 0.1) is 24.0 Å². The molecule has 0 bridgehead atoms. The van der Waals surface area contributed by atoms with Gasteiger partial charge < -0.3 is 15.2 Å². The summed E-state index contributed by atoms with van der Waals surface area (Å²) >= 11 is 0. The average Bonchev–Trinajstić information content (AvgIpc) is 3.51. The third-order valence-electron chi connectivity index (χ3n) is 7.90. The van der Waals surface area contributed by atoms with Crippen LogP contribution in [-0.2, 0) is 6.42 Å². The number of aromatic amines is 1. The summed E-state index contributed by atoms with van der Waals surface area (Å²) < 4.78 is 15.8. The van der Waals surface area contributed by atoms with E-state index in [9.17, 15) is 5.11 Å². The molecule has 5 atom stereocenters. The Hall–Kier alpha value is -2.26. The second kappa shape index (κ2) is 10.2. The molecule has 2 aromatic rings. The molecule has 1 saturated heterocycles. The topological polar surface area (TPSA) is 96.4 Å². The summed E-state index contributed by atoms with van der Waals surface area (Å²) in [5, 5.41) is 18.9. The standard InChI is InChI=1S/C26H36FN5O2/c1-2-16-14-18(34)4-5-19(16)20-6-7-21-24(23(20)27)30-31-25(21)26-28-15-22(29-26)17-8-11-32(12-9-17)10-3-13-33/h4-5,8,14-15,20-21,23-25,30-31,33-34H,2-3,6-7,9-13H2,1H3,(H,28,29). The zero-order valence-corrected chi connectivity index (χ0v) is 19.8. The lowest BCUT2D eigenvalue weighted by Crippen LogP contribution is -2.45. The van der Waals surface area contributed by atoms with E-state index in [1.807, 2.05) is 19.2 Å². The first-order valence-corrected chi connectivity index (χ1v) is 12.6. The predicted octanol–water partition coefficient (Wildman–Crippen LogP) is 3.20. The number of nitrogens with one attached hydrogen (secondary N) is 3. The van der Waals surface area contributed by atoms with Crippen LogP contribution in [0.3, 0.4) is 0 Å². The van der Waals surface area contributed by atoms with Crippen molar-refractivity contribution >= 4 is 5.57 Å². The van der Waals surface area contributed by atoms with Gasteiger partial charge in [0.25, 0.3) is 0 Å². The smallest absolute Gasteiger partial charge is 0.125 e. The fraction of sp³-hybridized carbons (Fsp3) is 0.577. The molecule has 0 spiro atoms. The van der Waals surface area contributed by atoms with Gasteiger partial charge in [-0.2, -0.15) is 0 Å². The Labute approximate surface area is 200 Å². The van der Waals surface area contributed by atoms with Crippen molar-refractivity contribution in [3.63, 3.8) is 0 Å². The van der Waals surface area contributed by atoms with Crippen LogP contribution in [0.15, 0.2) is 30.5 Å². The highest BCUT2D eigenvalue weighted by molar-refractivity contribution is 5.63. The second-order valence-electron chi connectivity index (χ2n) is 9.86. The molecule has 34 heavy (non-hydrogen) atoms. The van der Waals surface area contributed by atoms with Crippen molar-refractivity contribution in [1.82, 2.24) is 25.7 Å². The van der Waals surface area contributed by atoms with E-state index in [0.29, 0.717) is 0 Å². The predicted molar refractivity (Wildman–Crippen MR) is 130 cm³/mol. The first-order valence-electron chi connectivity index (χ1n) is 12.6. The van der Waals surface area contributed by atoms with E-state index in [-0.39, 0.29) is 36.3 Å². The van der Waals surface area contributed by atoms with Crippen molar-refractivity contribution in [2.45, 2.75) is 63.2 Å². The molecule has 3 aliphatic rings. The maximum Gasteiger partial charge on any atom is 0.125 e. The van der Waals surface area contributed by atoms with Crippen LogP contribution >= 0.6 is 0 Å². The summed E-state index contributed by atoms with van der Waals surface area (Å²) in [6.45, 7) is 5.07. The van der Waals surface area contributed by atoms with Gasteiger partial charge in [-0.25, -0.2) is 14.8 Å². The third kappa shape index (κ3) is 4.52. The second-order valence-corrected chi connectivity index (χ2v) is 9.86. The molecule has 5 unspecified atom stereocenters. The van der Waals surface area contributed by atoms with Crippen LogP contribution in [0.5, 0.6) is 5.75 Å². The van der Waals surface area contributed by atoms with Crippen molar-refractivity contribution in [2.75, 3.05) is 26.2 Å². The number of aromatic hydroxyl groups is 1. The summed E-state index contributed by atoms with van der Waals surface area (Å²) in [4.78, 5) is 10.5. The van der Waals surface area contributed by atoms with E-state index in [1.54, 1.807) is 12.1 Å². The zero-order chi connectivity index (χ0) is 23.7. The molecule has 1 aliphatic carbocycles. The van der Waals surface area contributed by atoms with E-state index in [2.05, 4.69) is 31.8 Å². The van der Waals surface area contributed by atoms with Gasteiger partial charge in [-0.3, -0.25) is 10.3 Å².